The maximum Gasteiger partial charge on any atom is 0.231 e. The first kappa shape index (κ1) is 12.8. The second-order valence-electron chi connectivity index (χ2n) is 4.65. The summed E-state index contributed by atoms with van der Waals surface area (Å²) in [5.74, 6) is 0.0884. The van der Waals surface area contributed by atoms with Gasteiger partial charge in [0, 0.05) is 6.04 Å². The summed E-state index contributed by atoms with van der Waals surface area (Å²) in [7, 11) is 0. The molecule has 0 heterocycles. The molecule has 0 saturated heterocycles. The van der Waals surface area contributed by atoms with Crippen molar-refractivity contribution in [1.82, 2.24) is 5.32 Å². The fraction of sp³-hybridized carbons (Fsp3) is 0.818. The third-order valence-electron chi connectivity index (χ3n) is 3.09. The van der Waals surface area contributed by atoms with Crippen LogP contribution in [-0.4, -0.2) is 23.0 Å². The highest BCUT2D eigenvalue weighted by atomic mass is 16.4. The number of hydrogen-bond acceptors (Lipinski definition) is 3. The van der Waals surface area contributed by atoms with Gasteiger partial charge in [-0.25, -0.2) is 0 Å². The summed E-state index contributed by atoms with van der Waals surface area (Å²) in [5, 5.41) is 14.5. The zero-order valence-electron chi connectivity index (χ0n) is 9.94. The van der Waals surface area contributed by atoms with Gasteiger partial charge < -0.3 is 16.3 Å². The minimum Gasteiger partial charge on any atom is -0.409 e. The van der Waals surface area contributed by atoms with E-state index in [1.807, 2.05) is 6.92 Å². The Bertz CT molecular complexity index is 272. The van der Waals surface area contributed by atoms with E-state index in [0.29, 0.717) is 12.3 Å². The lowest BCUT2D eigenvalue weighted by Gasteiger charge is -2.34. The Labute approximate surface area is 96.1 Å². The predicted molar refractivity (Wildman–Crippen MR) is 62.1 cm³/mol. The van der Waals surface area contributed by atoms with Gasteiger partial charge in [0.15, 0.2) is 5.84 Å². The average Bonchev–Trinajstić information content (AvgIpc) is 2.22. The molecule has 1 unspecified atom stereocenters. The zero-order chi connectivity index (χ0) is 12.1. The Kier molecular flexibility index (Phi) is 4.58. The first-order chi connectivity index (χ1) is 7.58. The Balaban J connectivity index is 2.47. The van der Waals surface area contributed by atoms with Gasteiger partial charge >= 0.3 is 0 Å². The van der Waals surface area contributed by atoms with E-state index in [9.17, 15) is 4.79 Å². The lowest BCUT2D eigenvalue weighted by molar-refractivity contribution is -0.124. The summed E-state index contributed by atoms with van der Waals surface area (Å²) in [4.78, 5) is 11.9. The van der Waals surface area contributed by atoms with Crippen LogP contribution in [0.25, 0.3) is 0 Å². The fourth-order valence-corrected chi connectivity index (χ4v) is 2.09. The summed E-state index contributed by atoms with van der Waals surface area (Å²) in [5.41, 5.74) is 5.51. The van der Waals surface area contributed by atoms with Gasteiger partial charge in [0.05, 0.1) is 5.92 Å². The van der Waals surface area contributed by atoms with E-state index in [0.717, 1.165) is 19.3 Å². The predicted octanol–water partition coefficient (Wildman–Crippen LogP) is 1.06. The summed E-state index contributed by atoms with van der Waals surface area (Å²) >= 11 is 0. The van der Waals surface area contributed by atoms with Crippen molar-refractivity contribution < 1.29 is 10.0 Å². The summed E-state index contributed by atoms with van der Waals surface area (Å²) < 4.78 is 0. The number of amides is 1. The minimum atomic E-state index is -0.495. The van der Waals surface area contributed by atoms with E-state index < -0.39 is 5.92 Å². The van der Waals surface area contributed by atoms with Crippen LogP contribution in [0.3, 0.4) is 0 Å². The third kappa shape index (κ3) is 3.12. The molecule has 5 nitrogen and oxygen atoms in total. The monoisotopic (exact) mass is 227 g/mol. The molecule has 5 heteroatoms. The van der Waals surface area contributed by atoms with E-state index in [2.05, 4.69) is 17.4 Å². The van der Waals surface area contributed by atoms with Gasteiger partial charge in [-0.1, -0.05) is 25.4 Å². The van der Waals surface area contributed by atoms with Crippen molar-refractivity contribution in [3.8, 4) is 0 Å². The number of rotatable bonds is 5. The smallest absolute Gasteiger partial charge is 0.231 e. The Hall–Kier alpha value is -1.26. The molecule has 0 radical (unpaired) electrons. The molecule has 0 aromatic rings. The lowest BCUT2D eigenvalue weighted by atomic mass is 9.81. The number of nitrogens with two attached hydrogens (primary N) is 1. The van der Waals surface area contributed by atoms with Crippen LogP contribution in [0.1, 0.15) is 39.5 Å². The molecule has 1 aliphatic carbocycles. The molecule has 1 fully saturated rings. The molecular formula is C11H21N3O2. The normalized spacial score (nSPS) is 27.0. The number of oxime groups is 1. The van der Waals surface area contributed by atoms with E-state index in [-0.39, 0.29) is 17.8 Å². The van der Waals surface area contributed by atoms with Gasteiger partial charge in [-0.05, 0) is 25.2 Å². The van der Waals surface area contributed by atoms with Crippen molar-refractivity contribution in [3.63, 3.8) is 0 Å². The second-order valence-corrected chi connectivity index (χ2v) is 4.65. The van der Waals surface area contributed by atoms with Crippen LogP contribution in [0.4, 0.5) is 0 Å². The summed E-state index contributed by atoms with van der Waals surface area (Å²) in [6.07, 6.45) is 3.50. The molecule has 4 N–H and O–H groups in total. The van der Waals surface area contributed by atoms with Crippen LogP contribution < -0.4 is 11.1 Å². The number of carbonyl (C=O) groups is 1. The SMILES string of the molecule is CCCC(C(=O)NC1CC(C)C1)C(N)=NO. The minimum absolute atomic E-state index is 0.00622. The first-order valence-corrected chi connectivity index (χ1v) is 5.86. The lowest BCUT2D eigenvalue weighted by Crippen LogP contribution is -2.48. The second kappa shape index (κ2) is 5.72. The quantitative estimate of drug-likeness (QED) is 0.284. The summed E-state index contributed by atoms with van der Waals surface area (Å²) in [6.45, 7) is 4.13. The van der Waals surface area contributed by atoms with E-state index in [1.165, 1.54) is 0 Å². The molecule has 1 rings (SSSR count). The van der Waals surface area contributed by atoms with Crippen LogP contribution in [0.5, 0.6) is 0 Å². The van der Waals surface area contributed by atoms with Crippen molar-refractivity contribution in [1.29, 1.82) is 0 Å². The molecule has 1 atom stereocenters. The van der Waals surface area contributed by atoms with Crippen molar-refractivity contribution in [2.45, 2.75) is 45.6 Å². The standard InChI is InChI=1S/C11H21N3O2/c1-3-4-9(10(12)14-16)11(15)13-8-5-7(2)6-8/h7-9,16H,3-6H2,1-2H3,(H2,12,14)(H,13,15). The number of amidine groups is 1. The van der Waals surface area contributed by atoms with Crippen molar-refractivity contribution in [2.75, 3.05) is 0 Å². The topological polar surface area (TPSA) is 87.7 Å². The van der Waals surface area contributed by atoms with E-state index >= 15 is 0 Å². The van der Waals surface area contributed by atoms with Crippen LogP contribution in [0.2, 0.25) is 0 Å². The largest absolute Gasteiger partial charge is 0.409 e. The summed E-state index contributed by atoms with van der Waals surface area (Å²) in [6, 6.07) is 0.272. The molecule has 16 heavy (non-hydrogen) atoms. The number of nitrogens with one attached hydrogen (secondary N) is 1. The van der Waals surface area contributed by atoms with Gasteiger partial charge in [-0.15, -0.1) is 0 Å². The molecule has 0 aliphatic heterocycles. The van der Waals surface area contributed by atoms with Crippen molar-refractivity contribution in [3.05, 3.63) is 0 Å². The molecule has 1 amide bonds. The van der Waals surface area contributed by atoms with Gasteiger partial charge in [0.2, 0.25) is 5.91 Å². The molecule has 0 spiro atoms. The molecule has 1 aliphatic rings. The van der Waals surface area contributed by atoms with Crippen molar-refractivity contribution in [2.24, 2.45) is 22.7 Å². The molecular weight excluding hydrogens is 206 g/mol. The number of hydrogen-bond donors (Lipinski definition) is 3. The highest BCUT2D eigenvalue weighted by molar-refractivity contribution is 6.02. The maximum atomic E-state index is 11.9. The molecule has 1 saturated carbocycles. The molecule has 0 aromatic heterocycles. The fourth-order valence-electron chi connectivity index (χ4n) is 2.09. The highest BCUT2D eigenvalue weighted by Gasteiger charge is 2.30. The van der Waals surface area contributed by atoms with Gasteiger partial charge in [-0.2, -0.15) is 0 Å². The maximum absolute atomic E-state index is 11.9. The van der Waals surface area contributed by atoms with Crippen LogP contribution in [0, 0.1) is 11.8 Å². The molecule has 92 valence electrons. The Morgan fingerprint density at radius 3 is 2.69 bits per heavy atom. The van der Waals surface area contributed by atoms with Crippen LogP contribution >= 0.6 is 0 Å². The molecule has 0 aromatic carbocycles. The zero-order valence-corrected chi connectivity index (χ0v) is 9.94. The van der Waals surface area contributed by atoms with E-state index in [1.54, 1.807) is 0 Å². The van der Waals surface area contributed by atoms with Gasteiger partial charge in [0.25, 0.3) is 0 Å². The van der Waals surface area contributed by atoms with Crippen LogP contribution in [0.15, 0.2) is 5.16 Å². The van der Waals surface area contributed by atoms with Crippen LogP contribution in [-0.2, 0) is 4.79 Å². The Morgan fingerprint density at radius 1 is 1.62 bits per heavy atom. The molecule has 0 bridgehead atoms. The van der Waals surface area contributed by atoms with Crippen molar-refractivity contribution >= 4 is 11.7 Å². The average molecular weight is 227 g/mol. The third-order valence-corrected chi connectivity index (χ3v) is 3.09. The number of nitrogens with zero attached hydrogens (tertiary/aromatic N) is 1. The first-order valence-electron chi connectivity index (χ1n) is 5.86. The van der Waals surface area contributed by atoms with Gasteiger partial charge in [-0.3, -0.25) is 4.79 Å². The van der Waals surface area contributed by atoms with E-state index in [4.69, 9.17) is 10.9 Å². The van der Waals surface area contributed by atoms with Gasteiger partial charge in [0.1, 0.15) is 0 Å². The Morgan fingerprint density at radius 2 is 2.25 bits per heavy atom. The highest BCUT2D eigenvalue weighted by Crippen LogP contribution is 2.26. The number of carbonyl (C=O) groups excluding carboxylic acids is 1.